The summed E-state index contributed by atoms with van der Waals surface area (Å²) in [6.45, 7) is 1.63. The van der Waals surface area contributed by atoms with Crippen molar-refractivity contribution in [3.63, 3.8) is 0 Å². The maximum Gasteiger partial charge on any atom is 0.251 e. The van der Waals surface area contributed by atoms with E-state index in [0.717, 1.165) is 33.4 Å². The van der Waals surface area contributed by atoms with Crippen molar-refractivity contribution in [1.29, 1.82) is 0 Å². The quantitative estimate of drug-likeness (QED) is 0.697. The first kappa shape index (κ1) is 21.9. The molecule has 1 aromatic heterocycles. The van der Waals surface area contributed by atoms with Crippen molar-refractivity contribution in [3.8, 4) is 0 Å². The van der Waals surface area contributed by atoms with Gasteiger partial charge in [0, 0.05) is 24.5 Å². The third-order valence-electron chi connectivity index (χ3n) is 5.66. The first-order valence-electron chi connectivity index (χ1n) is 9.89. The Bertz CT molecular complexity index is 1130. The van der Waals surface area contributed by atoms with Crippen molar-refractivity contribution in [3.05, 3.63) is 46.1 Å². The van der Waals surface area contributed by atoms with Crippen LogP contribution in [0.25, 0.3) is 0 Å². The highest BCUT2D eigenvalue weighted by molar-refractivity contribution is 7.89. The molecule has 1 saturated heterocycles. The second-order valence-corrected chi connectivity index (χ2v) is 10.8. The van der Waals surface area contributed by atoms with Crippen LogP contribution in [-0.4, -0.2) is 55.6 Å². The van der Waals surface area contributed by atoms with Crippen LogP contribution in [0.5, 0.6) is 0 Å². The zero-order valence-electron chi connectivity index (χ0n) is 16.9. The van der Waals surface area contributed by atoms with Crippen LogP contribution in [-0.2, 0) is 27.8 Å². The SMILES string of the molecule is CN1CCc2c(sc(NC(=O)C3CCCN3S(=O)(=O)c3ccc(F)cc3)c2C(N)=O)C1. The van der Waals surface area contributed by atoms with Gasteiger partial charge < -0.3 is 16.0 Å². The smallest absolute Gasteiger partial charge is 0.251 e. The van der Waals surface area contributed by atoms with Crippen LogP contribution < -0.4 is 11.1 Å². The zero-order chi connectivity index (χ0) is 22.3. The number of rotatable bonds is 5. The lowest BCUT2D eigenvalue weighted by atomic mass is 10.0. The Labute approximate surface area is 183 Å². The summed E-state index contributed by atoms with van der Waals surface area (Å²) in [5.41, 5.74) is 6.76. The van der Waals surface area contributed by atoms with E-state index in [1.165, 1.54) is 23.5 Å². The fraction of sp³-hybridized carbons (Fsp3) is 0.400. The summed E-state index contributed by atoms with van der Waals surface area (Å²) in [6.07, 6.45) is 1.53. The second kappa shape index (κ2) is 8.30. The van der Waals surface area contributed by atoms with Gasteiger partial charge in [-0.2, -0.15) is 4.31 Å². The molecule has 11 heteroatoms. The summed E-state index contributed by atoms with van der Waals surface area (Å²) >= 11 is 1.30. The number of carbonyl (C=O) groups excluding carboxylic acids is 2. The van der Waals surface area contributed by atoms with Crippen LogP contribution in [0.15, 0.2) is 29.2 Å². The minimum absolute atomic E-state index is 0.0685. The van der Waals surface area contributed by atoms with Crippen molar-refractivity contribution in [2.45, 2.75) is 36.7 Å². The van der Waals surface area contributed by atoms with Crippen LogP contribution in [0.4, 0.5) is 9.39 Å². The minimum Gasteiger partial charge on any atom is -0.365 e. The fourth-order valence-corrected chi connectivity index (χ4v) is 7.10. The van der Waals surface area contributed by atoms with Gasteiger partial charge in [0.2, 0.25) is 15.9 Å². The monoisotopic (exact) mass is 466 g/mol. The highest BCUT2D eigenvalue weighted by Crippen LogP contribution is 2.37. The number of nitrogens with one attached hydrogen (secondary N) is 1. The van der Waals surface area contributed by atoms with Gasteiger partial charge in [0.1, 0.15) is 16.9 Å². The maximum atomic E-state index is 13.2. The Hall–Kier alpha value is -2.34. The molecule has 8 nitrogen and oxygen atoms in total. The number of likely N-dealkylation sites (N-methyl/N-ethyl adjacent to an activating group) is 1. The average molecular weight is 467 g/mol. The van der Waals surface area contributed by atoms with E-state index in [-0.39, 0.29) is 11.4 Å². The molecular formula is C20H23FN4O4S2. The molecule has 4 rings (SSSR count). The Kier molecular flexibility index (Phi) is 5.86. The molecular weight excluding hydrogens is 443 g/mol. The summed E-state index contributed by atoms with van der Waals surface area (Å²) in [6, 6.07) is 3.60. The van der Waals surface area contributed by atoms with Crippen molar-refractivity contribution in [2.24, 2.45) is 5.73 Å². The standard InChI is InChI=1S/C20H23FN4O4S2/c1-24-10-8-14-16(11-24)30-20(17(14)18(22)26)23-19(27)15-3-2-9-25(15)31(28,29)13-6-4-12(21)5-7-13/h4-7,15H,2-3,8-11H2,1H3,(H2,22,26)(H,23,27). The number of sulfonamides is 1. The van der Waals surface area contributed by atoms with Crippen LogP contribution >= 0.6 is 11.3 Å². The van der Waals surface area contributed by atoms with E-state index < -0.39 is 33.7 Å². The third-order valence-corrected chi connectivity index (χ3v) is 8.71. The Morgan fingerprint density at radius 1 is 1.23 bits per heavy atom. The molecule has 1 aromatic carbocycles. The minimum atomic E-state index is -3.97. The van der Waals surface area contributed by atoms with E-state index in [0.29, 0.717) is 36.4 Å². The third kappa shape index (κ3) is 4.10. The second-order valence-electron chi connectivity index (χ2n) is 7.78. The predicted octanol–water partition coefficient (Wildman–Crippen LogP) is 1.77. The molecule has 0 saturated carbocycles. The Morgan fingerprint density at radius 2 is 1.94 bits per heavy atom. The number of nitrogens with zero attached hydrogens (tertiary/aromatic N) is 2. The first-order valence-corrected chi connectivity index (χ1v) is 12.2. The van der Waals surface area contributed by atoms with E-state index in [1.54, 1.807) is 0 Å². The molecule has 3 heterocycles. The van der Waals surface area contributed by atoms with E-state index in [4.69, 9.17) is 5.73 Å². The molecule has 166 valence electrons. The van der Waals surface area contributed by atoms with Crippen molar-refractivity contribution in [2.75, 3.05) is 25.5 Å². The van der Waals surface area contributed by atoms with Gasteiger partial charge in [-0.3, -0.25) is 9.59 Å². The lowest BCUT2D eigenvalue weighted by molar-refractivity contribution is -0.119. The van der Waals surface area contributed by atoms with Gasteiger partial charge in [-0.15, -0.1) is 11.3 Å². The lowest BCUT2D eigenvalue weighted by Gasteiger charge is -2.23. The molecule has 1 fully saturated rings. The van der Waals surface area contributed by atoms with Gasteiger partial charge in [0.25, 0.3) is 5.91 Å². The summed E-state index contributed by atoms with van der Waals surface area (Å²) in [5.74, 6) is -1.65. The molecule has 3 N–H and O–H groups in total. The van der Waals surface area contributed by atoms with E-state index in [2.05, 4.69) is 10.2 Å². The van der Waals surface area contributed by atoms with Gasteiger partial charge in [0.15, 0.2) is 0 Å². The normalized spacial score (nSPS) is 19.9. The van der Waals surface area contributed by atoms with Crippen LogP contribution in [0.1, 0.15) is 33.6 Å². The molecule has 1 unspecified atom stereocenters. The Morgan fingerprint density at radius 3 is 2.61 bits per heavy atom. The van der Waals surface area contributed by atoms with Gasteiger partial charge in [0.05, 0.1) is 10.5 Å². The molecule has 2 aliphatic heterocycles. The molecule has 31 heavy (non-hydrogen) atoms. The number of anilines is 1. The highest BCUT2D eigenvalue weighted by Gasteiger charge is 2.40. The van der Waals surface area contributed by atoms with Crippen molar-refractivity contribution >= 4 is 38.2 Å². The van der Waals surface area contributed by atoms with Gasteiger partial charge in [-0.25, -0.2) is 12.8 Å². The number of hydrogen-bond donors (Lipinski definition) is 2. The first-order chi connectivity index (χ1) is 14.7. The molecule has 1 atom stereocenters. The molecule has 0 spiro atoms. The maximum absolute atomic E-state index is 13.2. The largest absolute Gasteiger partial charge is 0.365 e. The molecule has 2 aromatic rings. The topological polar surface area (TPSA) is 113 Å². The zero-order valence-corrected chi connectivity index (χ0v) is 18.6. The van der Waals surface area contributed by atoms with Gasteiger partial charge in [-0.1, -0.05) is 0 Å². The molecule has 0 bridgehead atoms. The van der Waals surface area contributed by atoms with E-state index >= 15 is 0 Å². The number of thiophene rings is 1. The lowest BCUT2D eigenvalue weighted by Crippen LogP contribution is -2.43. The number of nitrogens with two attached hydrogens (primary N) is 1. The fourth-order valence-electron chi connectivity index (χ4n) is 4.11. The predicted molar refractivity (Wildman–Crippen MR) is 115 cm³/mol. The average Bonchev–Trinajstić information content (AvgIpc) is 3.33. The van der Waals surface area contributed by atoms with Crippen LogP contribution in [0, 0.1) is 5.82 Å². The number of carbonyl (C=O) groups is 2. The van der Waals surface area contributed by atoms with Crippen LogP contribution in [0.3, 0.4) is 0 Å². The highest BCUT2D eigenvalue weighted by atomic mass is 32.2. The summed E-state index contributed by atoms with van der Waals surface area (Å²) in [7, 11) is -1.99. The summed E-state index contributed by atoms with van der Waals surface area (Å²) < 4.78 is 40.4. The Balaban J connectivity index is 1.60. The number of fused-ring (bicyclic) bond motifs is 1. The van der Waals surface area contributed by atoms with E-state index in [9.17, 15) is 22.4 Å². The van der Waals surface area contributed by atoms with Gasteiger partial charge in [-0.05, 0) is 56.1 Å². The number of halogens is 1. The van der Waals surface area contributed by atoms with Crippen LogP contribution in [0.2, 0.25) is 0 Å². The molecule has 2 aliphatic rings. The summed E-state index contributed by atoms with van der Waals surface area (Å²) in [5, 5.41) is 3.13. The number of amides is 2. The van der Waals surface area contributed by atoms with Crippen molar-refractivity contribution < 1.29 is 22.4 Å². The number of benzene rings is 1. The molecule has 0 radical (unpaired) electrons. The number of hydrogen-bond acceptors (Lipinski definition) is 6. The summed E-state index contributed by atoms with van der Waals surface area (Å²) in [4.78, 5) is 28.2. The van der Waals surface area contributed by atoms with E-state index in [1.807, 2.05) is 7.05 Å². The molecule has 0 aliphatic carbocycles. The van der Waals surface area contributed by atoms with Gasteiger partial charge >= 0.3 is 0 Å². The number of primary amides is 1. The van der Waals surface area contributed by atoms with Crippen molar-refractivity contribution in [1.82, 2.24) is 9.21 Å². The molecule has 2 amide bonds.